The Morgan fingerprint density at radius 2 is 2.11 bits per heavy atom. The number of nitrogens with two attached hydrogens (primary N) is 1. The second-order valence-electron chi connectivity index (χ2n) is 3.69. The number of nitrogens with one attached hydrogen (secondary N) is 1. The van der Waals surface area contributed by atoms with Crippen LogP contribution < -0.4 is 11.1 Å². The number of benzene rings is 1. The molecule has 3 N–H and O–H groups in total. The van der Waals surface area contributed by atoms with Gasteiger partial charge in [-0.2, -0.15) is 0 Å². The van der Waals surface area contributed by atoms with Crippen LogP contribution in [0, 0.1) is 0 Å². The first kappa shape index (κ1) is 13.6. The first-order valence-electron chi connectivity index (χ1n) is 5.29. The molecule has 1 aromatic heterocycles. The molecule has 0 unspecified atom stereocenters. The zero-order valence-electron chi connectivity index (χ0n) is 9.71. The molecule has 1 amide bonds. The lowest BCUT2D eigenvalue weighted by Gasteiger charge is -2.04. The van der Waals surface area contributed by atoms with Crippen molar-refractivity contribution < 1.29 is 4.79 Å². The van der Waals surface area contributed by atoms with E-state index in [1.807, 2.05) is 12.1 Å². The Morgan fingerprint density at radius 3 is 2.68 bits per heavy atom. The van der Waals surface area contributed by atoms with Crippen LogP contribution in [0.5, 0.6) is 0 Å². The second-order valence-corrected chi connectivity index (χ2v) is 5.04. The number of anilines is 1. The molecule has 8 heteroatoms. The normalized spacial score (nSPS) is 10.2. The van der Waals surface area contributed by atoms with Gasteiger partial charge in [-0.15, -0.1) is 5.10 Å². The highest BCUT2D eigenvalue weighted by Gasteiger charge is 2.07. The molecule has 6 nitrogen and oxygen atoms in total. The van der Waals surface area contributed by atoms with Crippen molar-refractivity contribution in [2.45, 2.75) is 6.54 Å². The van der Waals surface area contributed by atoms with Gasteiger partial charge in [0, 0.05) is 10.2 Å². The van der Waals surface area contributed by atoms with Crippen molar-refractivity contribution in [2.24, 2.45) is 5.73 Å². The molecule has 0 aliphatic carbocycles. The highest BCUT2D eigenvalue weighted by Crippen LogP contribution is 2.13. The number of rotatable bonds is 4. The second kappa shape index (κ2) is 5.89. The minimum absolute atomic E-state index is 0.0473. The van der Waals surface area contributed by atoms with Gasteiger partial charge in [-0.25, -0.2) is 9.67 Å². The van der Waals surface area contributed by atoms with Gasteiger partial charge < -0.3 is 11.1 Å². The Balaban J connectivity index is 1.97. The fraction of sp³-hybridized carbons (Fsp3) is 0.0909. The van der Waals surface area contributed by atoms with Crippen LogP contribution in [0.15, 0.2) is 35.1 Å². The number of nitrogens with zero attached hydrogens (tertiary/aromatic N) is 3. The third-order valence-electron chi connectivity index (χ3n) is 2.19. The summed E-state index contributed by atoms with van der Waals surface area (Å²) < 4.78 is 2.32. The number of hydrogen-bond acceptors (Lipinski definition) is 4. The summed E-state index contributed by atoms with van der Waals surface area (Å²) in [5, 5.41) is 6.72. The van der Waals surface area contributed by atoms with Gasteiger partial charge in [-0.3, -0.25) is 4.79 Å². The molecule has 1 aromatic carbocycles. The van der Waals surface area contributed by atoms with Crippen molar-refractivity contribution in [3.8, 4) is 0 Å². The Kier molecular flexibility index (Phi) is 4.23. The molecule has 0 aliphatic rings. The molecule has 0 aliphatic heterocycles. The Labute approximate surface area is 123 Å². The van der Waals surface area contributed by atoms with Crippen LogP contribution in [0.3, 0.4) is 0 Å². The number of thiocarbonyl (C=S) groups is 1. The van der Waals surface area contributed by atoms with Crippen LogP contribution in [-0.2, 0) is 11.3 Å². The Bertz CT molecular complexity index is 610. The summed E-state index contributed by atoms with van der Waals surface area (Å²) in [4.78, 5) is 15.8. The fourth-order valence-electron chi connectivity index (χ4n) is 1.36. The van der Waals surface area contributed by atoms with E-state index in [0.717, 1.165) is 4.47 Å². The largest absolute Gasteiger partial charge is 0.387 e. The van der Waals surface area contributed by atoms with Gasteiger partial charge in [0.1, 0.15) is 17.9 Å². The molecule has 0 fully saturated rings. The van der Waals surface area contributed by atoms with Gasteiger partial charge in [0.25, 0.3) is 0 Å². The standard InChI is InChI=1S/C11H10BrN5OS/c12-7-1-3-8(4-2-7)15-9(18)5-17-6-14-11(16-17)10(13)19/h1-4,6H,5H2,(H2,13,19)(H,15,18). The van der Waals surface area contributed by atoms with E-state index in [1.54, 1.807) is 12.1 Å². The van der Waals surface area contributed by atoms with Crippen molar-refractivity contribution in [1.82, 2.24) is 14.8 Å². The van der Waals surface area contributed by atoms with Crippen LogP contribution in [0.4, 0.5) is 5.69 Å². The molecular weight excluding hydrogens is 330 g/mol. The van der Waals surface area contributed by atoms with Crippen molar-refractivity contribution in [1.29, 1.82) is 0 Å². The highest BCUT2D eigenvalue weighted by molar-refractivity contribution is 9.10. The summed E-state index contributed by atoms with van der Waals surface area (Å²) in [5.41, 5.74) is 6.09. The average molecular weight is 340 g/mol. The third kappa shape index (κ3) is 3.83. The molecular formula is C11H10BrN5OS. The van der Waals surface area contributed by atoms with Crippen LogP contribution in [0.1, 0.15) is 5.82 Å². The Hall–Kier alpha value is -1.80. The lowest BCUT2D eigenvalue weighted by molar-refractivity contribution is -0.116. The van der Waals surface area contributed by atoms with E-state index in [9.17, 15) is 4.79 Å². The van der Waals surface area contributed by atoms with Crippen LogP contribution >= 0.6 is 28.1 Å². The SMILES string of the molecule is NC(=S)c1ncn(CC(=O)Nc2ccc(Br)cc2)n1. The number of amides is 1. The number of halogens is 1. The third-order valence-corrected chi connectivity index (χ3v) is 2.90. The summed E-state index contributed by atoms with van der Waals surface area (Å²) in [5.74, 6) is 0.0492. The predicted molar refractivity (Wildman–Crippen MR) is 78.7 cm³/mol. The summed E-state index contributed by atoms with van der Waals surface area (Å²) in [6.45, 7) is 0.0473. The zero-order chi connectivity index (χ0) is 13.8. The van der Waals surface area contributed by atoms with Gasteiger partial charge in [0.15, 0.2) is 0 Å². The van der Waals surface area contributed by atoms with Gasteiger partial charge in [0.2, 0.25) is 11.7 Å². The van der Waals surface area contributed by atoms with E-state index in [4.69, 9.17) is 18.0 Å². The smallest absolute Gasteiger partial charge is 0.246 e. The van der Waals surface area contributed by atoms with Crippen LogP contribution in [0.2, 0.25) is 0 Å². The van der Waals surface area contributed by atoms with Gasteiger partial charge in [-0.05, 0) is 24.3 Å². The summed E-state index contributed by atoms with van der Waals surface area (Å²) in [7, 11) is 0. The topological polar surface area (TPSA) is 85.8 Å². The first-order chi connectivity index (χ1) is 9.04. The number of hydrogen-bond donors (Lipinski definition) is 2. The van der Waals surface area contributed by atoms with Crippen molar-refractivity contribution in [2.75, 3.05) is 5.32 Å². The lowest BCUT2D eigenvalue weighted by atomic mass is 10.3. The van der Waals surface area contributed by atoms with Crippen molar-refractivity contribution in [3.63, 3.8) is 0 Å². The molecule has 1 heterocycles. The minimum Gasteiger partial charge on any atom is -0.387 e. The molecule has 98 valence electrons. The predicted octanol–water partition coefficient (Wildman–Crippen LogP) is 1.31. The lowest BCUT2D eigenvalue weighted by Crippen LogP contribution is -2.20. The molecule has 0 saturated carbocycles. The van der Waals surface area contributed by atoms with Gasteiger partial charge in [0.05, 0.1) is 0 Å². The van der Waals surface area contributed by atoms with E-state index in [2.05, 4.69) is 31.3 Å². The molecule has 2 rings (SSSR count). The van der Waals surface area contributed by atoms with Crippen LogP contribution in [0.25, 0.3) is 0 Å². The first-order valence-corrected chi connectivity index (χ1v) is 6.49. The summed E-state index contributed by atoms with van der Waals surface area (Å²) in [6.07, 6.45) is 1.41. The Morgan fingerprint density at radius 1 is 1.42 bits per heavy atom. The molecule has 0 radical (unpaired) electrons. The number of carbonyl (C=O) groups excluding carboxylic acids is 1. The molecule has 0 bridgehead atoms. The fourth-order valence-corrected chi connectivity index (χ4v) is 1.72. The maximum atomic E-state index is 11.8. The van der Waals surface area contributed by atoms with Crippen molar-refractivity contribution in [3.05, 3.63) is 40.9 Å². The molecule has 0 saturated heterocycles. The number of carbonyl (C=O) groups is 1. The highest BCUT2D eigenvalue weighted by atomic mass is 79.9. The average Bonchev–Trinajstić information content (AvgIpc) is 2.80. The van der Waals surface area contributed by atoms with E-state index in [0.29, 0.717) is 5.69 Å². The maximum Gasteiger partial charge on any atom is 0.246 e. The van der Waals surface area contributed by atoms with E-state index >= 15 is 0 Å². The van der Waals surface area contributed by atoms with Gasteiger partial charge >= 0.3 is 0 Å². The van der Waals surface area contributed by atoms with E-state index in [1.165, 1.54) is 11.0 Å². The van der Waals surface area contributed by atoms with E-state index < -0.39 is 0 Å². The molecule has 0 spiro atoms. The molecule has 0 atom stereocenters. The van der Waals surface area contributed by atoms with E-state index in [-0.39, 0.29) is 23.3 Å². The minimum atomic E-state index is -0.207. The monoisotopic (exact) mass is 339 g/mol. The van der Waals surface area contributed by atoms with Gasteiger partial charge in [-0.1, -0.05) is 28.1 Å². The maximum absolute atomic E-state index is 11.8. The zero-order valence-corrected chi connectivity index (χ0v) is 12.1. The van der Waals surface area contributed by atoms with Crippen LogP contribution in [-0.4, -0.2) is 25.7 Å². The quantitative estimate of drug-likeness (QED) is 0.820. The van der Waals surface area contributed by atoms with Crippen molar-refractivity contribution >= 4 is 44.7 Å². The summed E-state index contributed by atoms with van der Waals surface area (Å²) in [6, 6.07) is 7.28. The number of aromatic nitrogens is 3. The molecule has 19 heavy (non-hydrogen) atoms. The molecule has 2 aromatic rings. The summed E-state index contributed by atoms with van der Waals surface area (Å²) >= 11 is 8.06.